The zero-order valence-corrected chi connectivity index (χ0v) is 18.9. The molecule has 3 aromatic rings. The van der Waals surface area contributed by atoms with Crippen LogP contribution in [-0.4, -0.2) is 13.7 Å². The maximum Gasteiger partial charge on any atom is 0.161 e. The molecule has 0 aliphatic carbocycles. The van der Waals surface area contributed by atoms with E-state index in [0.29, 0.717) is 41.6 Å². The van der Waals surface area contributed by atoms with Gasteiger partial charge in [0.15, 0.2) is 11.5 Å². The molecule has 0 unspecified atom stereocenters. The maximum absolute atomic E-state index is 14.1. The highest BCUT2D eigenvalue weighted by Crippen LogP contribution is 2.33. The Bertz CT molecular complexity index is 1050. The molecule has 0 aliphatic heterocycles. The summed E-state index contributed by atoms with van der Waals surface area (Å²) in [5, 5.41) is 7.69. The van der Waals surface area contributed by atoms with Crippen LogP contribution < -0.4 is 19.8 Å². The molecule has 0 fully saturated rings. The molecule has 0 saturated heterocycles. The Labute approximate surface area is 189 Å². The van der Waals surface area contributed by atoms with Crippen molar-refractivity contribution in [2.75, 3.05) is 24.0 Å². The first-order chi connectivity index (χ1) is 15.0. The predicted molar refractivity (Wildman–Crippen MR) is 124 cm³/mol. The van der Waals surface area contributed by atoms with Crippen LogP contribution in [0.1, 0.15) is 18.1 Å². The molecule has 31 heavy (non-hydrogen) atoms. The Morgan fingerprint density at radius 3 is 2.61 bits per heavy atom. The van der Waals surface area contributed by atoms with Crippen LogP contribution in [0.15, 0.2) is 70.4 Å². The quantitative estimate of drug-likeness (QED) is 0.268. The number of halogens is 2. The van der Waals surface area contributed by atoms with E-state index in [4.69, 9.17) is 9.47 Å². The summed E-state index contributed by atoms with van der Waals surface area (Å²) in [5.74, 6) is 0.939. The van der Waals surface area contributed by atoms with Crippen LogP contribution in [-0.2, 0) is 13.1 Å². The highest BCUT2D eigenvalue weighted by Gasteiger charge is 2.16. The highest BCUT2D eigenvalue weighted by molar-refractivity contribution is 9.10. The number of hydrogen-bond donors (Lipinski definition) is 1. The second-order valence-electron chi connectivity index (χ2n) is 6.66. The minimum Gasteiger partial charge on any atom is -0.493 e. The van der Waals surface area contributed by atoms with Crippen molar-refractivity contribution in [1.82, 2.24) is 0 Å². The summed E-state index contributed by atoms with van der Waals surface area (Å²) in [6.07, 6.45) is 0. The van der Waals surface area contributed by atoms with Crippen molar-refractivity contribution in [2.24, 2.45) is 5.29 Å². The highest BCUT2D eigenvalue weighted by atomic mass is 79.9. The van der Waals surface area contributed by atoms with Gasteiger partial charge in [-0.05, 0) is 48.9 Å². The molecule has 3 aromatic carbocycles. The van der Waals surface area contributed by atoms with Gasteiger partial charge in [0.1, 0.15) is 5.82 Å². The van der Waals surface area contributed by atoms with Crippen molar-refractivity contribution < 1.29 is 13.9 Å². The largest absolute Gasteiger partial charge is 0.493 e. The Balaban J connectivity index is 1.83. The summed E-state index contributed by atoms with van der Waals surface area (Å²) < 4.78 is 25.8. The minimum absolute atomic E-state index is 0.0122. The summed E-state index contributed by atoms with van der Waals surface area (Å²) in [5.41, 5.74) is 2.57. The Kier molecular flexibility index (Phi) is 7.83. The lowest BCUT2D eigenvalue weighted by Crippen LogP contribution is -2.17. The standard InChI is InChI=1S/C23H23BrFN3O3/c1-3-31-23-12-16(8-11-22(23)30-2)14-26-20-10-9-18(24)13-21(20)28(27-29)15-17-6-4-5-7-19(17)25/h4-13,26H,3,14-15H2,1-2H3. The Hall–Kier alpha value is -3.13. The first-order valence-corrected chi connectivity index (χ1v) is 10.5. The number of ether oxygens (including phenoxy) is 2. The van der Waals surface area contributed by atoms with Crippen LogP contribution in [0, 0.1) is 10.7 Å². The fourth-order valence-corrected chi connectivity index (χ4v) is 3.46. The molecule has 6 nitrogen and oxygen atoms in total. The molecular weight excluding hydrogens is 465 g/mol. The van der Waals surface area contributed by atoms with Gasteiger partial charge < -0.3 is 14.8 Å². The monoisotopic (exact) mass is 487 g/mol. The number of nitroso groups, excluding NO2 is 1. The molecule has 8 heteroatoms. The Morgan fingerprint density at radius 1 is 1.10 bits per heavy atom. The van der Waals surface area contributed by atoms with Gasteiger partial charge in [0.2, 0.25) is 0 Å². The SMILES string of the molecule is CCOc1cc(CNc2ccc(Br)cc2N(Cc2ccccc2F)N=O)ccc1OC. The van der Waals surface area contributed by atoms with Crippen LogP contribution >= 0.6 is 15.9 Å². The lowest BCUT2D eigenvalue weighted by atomic mass is 10.1. The van der Waals surface area contributed by atoms with Gasteiger partial charge in [-0.2, -0.15) is 0 Å². The number of anilines is 2. The summed E-state index contributed by atoms with van der Waals surface area (Å²) in [6.45, 7) is 2.93. The molecule has 0 bridgehead atoms. The van der Waals surface area contributed by atoms with Crippen LogP contribution in [0.4, 0.5) is 15.8 Å². The smallest absolute Gasteiger partial charge is 0.161 e. The lowest BCUT2D eigenvalue weighted by Gasteiger charge is -2.21. The van der Waals surface area contributed by atoms with Crippen molar-refractivity contribution in [3.63, 3.8) is 0 Å². The number of hydrogen-bond acceptors (Lipinski definition) is 5. The number of methoxy groups -OCH3 is 1. The molecule has 0 saturated carbocycles. The molecular formula is C23H23BrFN3O3. The second-order valence-corrected chi connectivity index (χ2v) is 7.58. The normalized spacial score (nSPS) is 10.5. The number of nitrogens with zero attached hydrogens (tertiary/aromatic N) is 2. The molecule has 0 aromatic heterocycles. The molecule has 0 spiro atoms. The van der Waals surface area contributed by atoms with Crippen molar-refractivity contribution in [1.29, 1.82) is 0 Å². The molecule has 0 radical (unpaired) electrons. The van der Waals surface area contributed by atoms with Gasteiger partial charge in [-0.15, -0.1) is 4.91 Å². The molecule has 3 rings (SSSR count). The number of nitrogens with one attached hydrogen (secondary N) is 1. The molecule has 0 heterocycles. The summed E-state index contributed by atoms with van der Waals surface area (Å²) in [7, 11) is 1.60. The van der Waals surface area contributed by atoms with Crippen molar-refractivity contribution >= 4 is 27.3 Å². The minimum atomic E-state index is -0.387. The molecule has 0 atom stereocenters. The number of rotatable bonds is 10. The number of benzene rings is 3. The molecule has 0 amide bonds. The van der Waals surface area contributed by atoms with E-state index in [1.165, 1.54) is 11.1 Å². The second kappa shape index (κ2) is 10.8. The first-order valence-electron chi connectivity index (χ1n) is 9.73. The maximum atomic E-state index is 14.1. The zero-order valence-electron chi connectivity index (χ0n) is 17.3. The van der Waals surface area contributed by atoms with Crippen LogP contribution in [0.2, 0.25) is 0 Å². The van der Waals surface area contributed by atoms with Gasteiger partial charge in [0.05, 0.1) is 36.9 Å². The van der Waals surface area contributed by atoms with E-state index in [-0.39, 0.29) is 12.4 Å². The molecule has 1 N–H and O–H groups in total. The van der Waals surface area contributed by atoms with Gasteiger partial charge >= 0.3 is 0 Å². The van der Waals surface area contributed by atoms with E-state index in [1.54, 1.807) is 31.4 Å². The summed E-state index contributed by atoms with van der Waals surface area (Å²) >= 11 is 3.43. The van der Waals surface area contributed by atoms with Crippen molar-refractivity contribution in [3.8, 4) is 11.5 Å². The summed E-state index contributed by atoms with van der Waals surface area (Å²) in [6, 6.07) is 17.5. The third kappa shape index (κ3) is 5.73. The van der Waals surface area contributed by atoms with E-state index in [0.717, 1.165) is 10.0 Å². The van der Waals surface area contributed by atoms with Crippen molar-refractivity contribution in [2.45, 2.75) is 20.0 Å². The topological polar surface area (TPSA) is 63.2 Å². The third-order valence-electron chi connectivity index (χ3n) is 4.63. The average molecular weight is 488 g/mol. The van der Waals surface area contributed by atoms with Crippen molar-refractivity contribution in [3.05, 3.63) is 87.0 Å². The average Bonchev–Trinajstić information content (AvgIpc) is 2.78. The fourth-order valence-electron chi connectivity index (χ4n) is 3.11. The Morgan fingerprint density at radius 2 is 1.90 bits per heavy atom. The van der Waals surface area contributed by atoms with Crippen LogP contribution in [0.5, 0.6) is 11.5 Å². The predicted octanol–water partition coefficient (Wildman–Crippen LogP) is 6.30. The van der Waals surface area contributed by atoms with Gasteiger partial charge in [0.25, 0.3) is 0 Å². The van der Waals surface area contributed by atoms with Gasteiger partial charge in [-0.25, -0.2) is 9.40 Å². The van der Waals surface area contributed by atoms with E-state index in [1.807, 2.05) is 37.3 Å². The van der Waals surface area contributed by atoms with Gasteiger partial charge in [0, 0.05) is 16.6 Å². The third-order valence-corrected chi connectivity index (χ3v) is 5.12. The molecule has 162 valence electrons. The van der Waals surface area contributed by atoms with E-state index in [9.17, 15) is 9.30 Å². The van der Waals surface area contributed by atoms with E-state index >= 15 is 0 Å². The van der Waals surface area contributed by atoms with Crippen LogP contribution in [0.3, 0.4) is 0 Å². The van der Waals surface area contributed by atoms with Gasteiger partial charge in [-0.3, -0.25) is 0 Å². The fraction of sp³-hybridized carbons (Fsp3) is 0.217. The van der Waals surface area contributed by atoms with E-state index < -0.39 is 0 Å². The van der Waals surface area contributed by atoms with E-state index in [2.05, 4.69) is 26.5 Å². The van der Waals surface area contributed by atoms with Gasteiger partial charge in [-0.1, -0.05) is 40.2 Å². The first kappa shape index (κ1) is 22.6. The zero-order chi connectivity index (χ0) is 22.2. The lowest BCUT2D eigenvalue weighted by molar-refractivity contribution is 0.310. The van der Waals surface area contributed by atoms with Crippen LogP contribution in [0.25, 0.3) is 0 Å². The molecule has 0 aliphatic rings. The summed E-state index contributed by atoms with van der Waals surface area (Å²) in [4.78, 5) is 11.6.